The van der Waals surface area contributed by atoms with E-state index in [0.717, 1.165) is 12.0 Å². The van der Waals surface area contributed by atoms with Gasteiger partial charge in [-0.3, -0.25) is 4.79 Å². The Morgan fingerprint density at radius 1 is 1.33 bits per heavy atom. The summed E-state index contributed by atoms with van der Waals surface area (Å²) in [5.74, 6) is 0.745. The van der Waals surface area contributed by atoms with E-state index < -0.39 is 0 Å². The van der Waals surface area contributed by atoms with Gasteiger partial charge in [0, 0.05) is 16.9 Å². The molecule has 0 aliphatic heterocycles. The first kappa shape index (κ1) is 12.3. The molecule has 1 nitrogen and oxygen atoms in total. The second kappa shape index (κ2) is 5.96. The molecule has 0 aliphatic carbocycles. The van der Waals surface area contributed by atoms with E-state index in [1.54, 1.807) is 11.8 Å². The largest absolute Gasteiger partial charge is 0.294 e. The molecular formula is C13H18OS. The van der Waals surface area contributed by atoms with Crippen molar-refractivity contribution in [3.63, 3.8) is 0 Å². The minimum Gasteiger partial charge on any atom is -0.294 e. The standard InChI is InChI=1S/C13H18OS/c1-4-10(2)9-13(14)11-5-7-12(15-3)8-6-11/h5-8,10H,4,9H2,1-3H3. The van der Waals surface area contributed by atoms with E-state index in [1.807, 2.05) is 30.5 Å². The van der Waals surface area contributed by atoms with Gasteiger partial charge < -0.3 is 0 Å². The molecule has 0 spiro atoms. The second-order valence-electron chi connectivity index (χ2n) is 3.87. The van der Waals surface area contributed by atoms with Crippen LogP contribution in [0.1, 0.15) is 37.0 Å². The number of ketones is 1. The molecule has 0 amide bonds. The number of carbonyl (C=O) groups is 1. The highest BCUT2D eigenvalue weighted by Crippen LogP contribution is 2.17. The maximum absolute atomic E-state index is 11.8. The molecule has 0 aliphatic rings. The van der Waals surface area contributed by atoms with Crippen LogP contribution < -0.4 is 0 Å². The van der Waals surface area contributed by atoms with Gasteiger partial charge >= 0.3 is 0 Å². The van der Waals surface area contributed by atoms with Crippen LogP contribution >= 0.6 is 11.8 Å². The van der Waals surface area contributed by atoms with E-state index >= 15 is 0 Å². The first-order chi connectivity index (χ1) is 7.17. The number of hydrogen-bond donors (Lipinski definition) is 0. The van der Waals surface area contributed by atoms with Gasteiger partial charge in [-0.2, -0.15) is 0 Å². The summed E-state index contributed by atoms with van der Waals surface area (Å²) in [5.41, 5.74) is 0.841. The SMILES string of the molecule is CCC(C)CC(=O)c1ccc(SC)cc1. The summed E-state index contributed by atoms with van der Waals surface area (Å²) < 4.78 is 0. The third kappa shape index (κ3) is 3.71. The van der Waals surface area contributed by atoms with Crippen molar-refractivity contribution in [3.05, 3.63) is 29.8 Å². The lowest BCUT2D eigenvalue weighted by Gasteiger charge is -2.07. The normalized spacial score (nSPS) is 12.5. The van der Waals surface area contributed by atoms with Crippen molar-refractivity contribution in [2.24, 2.45) is 5.92 Å². The van der Waals surface area contributed by atoms with E-state index in [2.05, 4.69) is 13.8 Å². The fourth-order valence-corrected chi connectivity index (χ4v) is 1.76. The summed E-state index contributed by atoms with van der Waals surface area (Å²) in [6.45, 7) is 4.24. The predicted molar refractivity (Wildman–Crippen MR) is 66.6 cm³/mol. The average Bonchev–Trinajstić information content (AvgIpc) is 2.29. The van der Waals surface area contributed by atoms with Crippen LogP contribution in [0.5, 0.6) is 0 Å². The molecule has 1 rings (SSSR count). The lowest BCUT2D eigenvalue weighted by atomic mass is 9.98. The number of benzene rings is 1. The summed E-state index contributed by atoms with van der Waals surface area (Å²) in [6.07, 6.45) is 3.76. The fourth-order valence-electron chi connectivity index (χ4n) is 1.36. The summed E-state index contributed by atoms with van der Waals surface area (Å²) in [6, 6.07) is 7.87. The molecule has 0 heterocycles. The smallest absolute Gasteiger partial charge is 0.163 e. The zero-order chi connectivity index (χ0) is 11.3. The predicted octanol–water partition coefficient (Wildman–Crippen LogP) is 4.03. The minimum absolute atomic E-state index is 0.261. The van der Waals surface area contributed by atoms with Crippen molar-refractivity contribution in [3.8, 4) is 0 Å². The Hall–Kier alpha value is -0.760. The Balaban J connectivity index is 2.66. The molecule has 1 atom stereocenters. The van der Waals surface area contributed by atoms with Gasteiger partial charge in [-0.05, 0) is 24.3 Å². The summed E-state index contributed by atoms with van der Waals surface area (Å²) in [7, 11) is 0. The van der Waals surface area contributed by atoms with E-state index in [0.29, 0.717) is 12.3 Å². The molecule has 1 aromatic rings. The quantitative estimate of drug-likeness (QED) is 0.552. The molecule has 0 N–H and O–H groups in total. The van der Waals surface area contributed by atoms with Crippen molar-refractivity contribution in [2.75, 3.05) is 6.26 Å². The number of Topliss-reactive ketones (excluding diaryl/α,β-unsaturated/α-hetero) is 1. The average molecular weight is 222 g/mol. The third-order valence-corrected chi connectivity index (χ3v) is 3.39. The van der Waals surface area contributed by atoms with Crippen LogP contribution in [0.3, 0.4) is 0 Å². The highest BCUT2D eigenvalue weighted by Gasteiger charge is 2.09. The van der Waals surface area contributed by atoms with Crippen molar-refractivity contribution >= 4 is 17.5 Å². The van der Waals surface area contributed by atoms with Crippen LogP contribution in [-0.2, 0) is 0 Å². The van der Waals surface area contributed by atoms with Crippen LogP contribution in [0.4, 0.5) is 0 Å². The first-order valence-electron chi connectivity index (χ1n) is 5.34. The monoisotopic (exact) mass is 222 g/mol. The van der Waals surface area contributed by atoms with Crippen LogP contribution in [-0.4, -0.2) is 12.0 Å². The van der Waals surface area contributed by atoms with Gasteiger partial charge in [0.2, 0.25) is 0 Å². The van der Waals surface area contributed by atoms with E-state index in [4.69, 9.17) is 0 Å². The molecule has 0 radical (unpaired) electrons. The van der Waals surface area contributed by atoms with Crippen LogP contribution in [0.15, 0.2) is 29.2 Å². The molecule has 82 valence electrons. The Bertz CT molecular complexity index is 316. The van der Waals surface area contributed by atoms with Gasteiger partial charge in [0.1, 0.15) is 0 Å². The Labute approximate surface area is 96.3 Å². The molecule has 0 fully saturated rings. The van der Waals surface area contributed by atoms with E-state index in [-0.39, 0.29) is 5.78 Å². The fraction of sp³-hybridized carbons (Fsp3) is 0.462. The molecule has 0 saturated carbocycles. The number of carbonyl (C=O) groups excluding carboxylic acids is 1. The molecule has 15 heavy (non-hydrogen) atoms. The zero-order valence-corrected chi connectivity index (χ0v) is 10.4. The Morgan fingerprint density at radius 3 is 2.40 bits per heavy atom. The van der Waals surface area contributed by atoms with Gasteiger partial charge in [-0.15, -0.1) is 11.8 Å². The van der Waals surface area contributed by atoms with Gasteiger partial charge in [0.05, 0.1) is 0 Å². The summed E-state index contributed by atoms with van der Waals surface area (Å²) >= 11 is 1.70. The summed E-state index contributed by atoms with van der Waals surface area (Å²) in [5, 5.41) is 0. The molecule has 1 unspecified atom stereocenters. The Morgan fingerprint density at radius 2 is 1.93 bits per heavy atom. The second-order valence-corrected chi connectivity index (χ2v) is 4.75. The topological polar surface area (TPSA) is 17.1 Å². The van der Waals surface area contributed by atoms with Gasteiger partial charge in [0.25, 0.3) is 0 Å². The zero-order valence-electron chi connectivity index (χ0n) is 9.62. The molecule has 0 aromatic heterocycles. The highest BCUT2D eigenvalue weighted by molar-refractivity contribution is 7.98. The van der Waals surface area contributed by atoms with Gasteiger partial charge in [-0.1, -0.05) is 32.4 Å². The molecular weight excluding hydrogens is 204 g/mol. The van der Waals surface area contributed by atoms with Crippen molar-refractivity contribution in [1.82, 2.24) is 0 Å². The number of hydrogen-bond acceptors (Lipinski definition) is 2. The van der Waals surface area contributed by atoms with E-state index in [1.165, 1.54) is 4.90 Å². The Kier molecular flexibility index (Phi) is 4.89. The van der Waals surface area contributed by atoms with Gasteiger partial charge in [0.15, 0.2) is 5.78 Å². The minimum atomic E-state index is 0.261. The molecule has 0 saturated heterocycles. The maximum atomic E-state index is 11.8. The van der Waals surface area contributed by atoms with Crippen LogP contribution in [0.25, 0.3) is 0 Å². The molecule has 2 heteroatoms. The molecule has 1 aromatic carbocycles. The van der Waals surface area contributed by atoms with Crippen LogP contribution in [0, 0.1) is 5.92 Å². The molecule has 0 bridgehead atoms. The lowest BCUT2D eigenvalue weighted by molar-refractivity contribution is 0.0963. The first-order valence-corrected chi connectivity index (χ1v) is 6.57. The third-order valence-electron chi connectivity index (χ3n) is 2.64. The summed E-state index contributed by atoms with van der Waals surface area (Å²) in [4.78, 5) is 13.0. The highest BCUT2D eigenvalue weighted by atomic mass is 32.2. The lowest BCUT2D eigenvalue weighted by Crippen LogP contribution is -2.05. The number of rotatable bonds is 5. The van der Waals surface area contributed by atoms with Crippen molar-refractivity contribution < 1.29 is 4.79 Å². The van der Waals surface area contributed by atoms with Crippen molar-refractivity contribution in [1.29, 1.82) is 0 Å². The van der Waals surface area contributed by atoms with Crippen LogP contribution in [0.2, 0.25) is 0 Å². The van der Waals surface area contributed by atoms with Gasteiger partial charge in [-0.25, -0.2) is 0 Å². The van der Waals surface area contributed by atoms with E-state index in [9.17, 15) is 4.79 Å². The number of thioether (sulfide) groups is 1. The maximum Gasteiger partial charge on any atom is 0.163 e. The van der Waals surface area contributed by atoms with Crippen molar-refractivity contribution in [2.45, 2.75) is 31.6 Å².